The summed E-state index contributed by atoms with van der Waals surface area (Å²) in [7, 11) is 0. The molecule has 1 aliphatic heterocycles. The molecule has 0 saturated carbocycles. The highest BCUT2D eigenvalue weighted by Crippen LogP contribution is 2.16. The second-order valence-electron chi connectivity index (χ2n) is 3.40. The Labute approximate surface area is 79.7 Å². The second kappa shape index (κ2) is 6.75. The zero-order valence-corrected chi connectivity index (χ0v) is 8.54. The van der Waals surface area contributed by atoms with Crippen molar-refractivity contribution in [2.45, 2.75) is 19.3 Å². The van der Waals surface area contributed by atoms with Gasteiger partial charge >= 0.3 is 0 Å². The Morgan fingerprint density at radius 2 is 2.33 bits per heavy atom. The van der Waals surface area contributed by atoms with Crippen LogP contribution >= 0.6 is 11.8 Å². The third-order valence-electron chi connectivity index (χ3n) is 2.33. The van der Waals surface area contributed by atoms with E-state index in [0.29, 0.717) is 0 Å². The number of piperidine rings is 1. The number of rotatable bonds is 5. The molecule has 1 unspecified atom stereocenters. The fourth-order valence-electron chi connectivity index (χ4n) is 1.61. The Bertz CT molecular complexity index is 103. The summed E-state index contributed by atoms with van der Waals surface area (Å²) in [6.45, 7) is 3.29. The monoisotopic (exact) mass is 188 g/mol. The van der Waals surface area contributed by atoms with Crippen molar-refractivity contribution in [1.82, 2.24) is 5.32 Å². The van der Waals surface area contributed by atoms with Crippen LogP contribution in [-0.4, -0.2) is 31.1 Å². The highest BCUT2D eigenvalue weighted by Gasteiger charge is 2.11. The highest BCUT2D eigenvalue weighted by atomic mass is 32.2. The van der Waals surface area contributed by atoms with Gasteiger partial charge in [0.2, 0.25) is 0 Å². The first kappa shape index (κ1) is 10.4. The van der Waals surface area contributed by atoms with Crippen LogP contribution < -0.4 is 11.1 Å². The molecule has 1 aliphatic rings. The average molecular weight is 188 g/mol. The maximum absolute atomic E-state index is 5.41. The fraction of sp³-hybridized carbons (Fsp3) is 1.00. The molecule has 0 aromatic rings. The Morgan fingerprint density at radius 1 is 1.42 bits per heavy atom. The first-order chi connectivity index (χ1) is 5.93. The van der Waals surface area contributed by atoms with Gasteiger partial charge in [0.15, 0.2) is 0 Å². The number of thioether (sulfide) groups is 1. The van der Waals surface area contributed by atoms with Crippen LogP contribution in [0.25, 0.3) is 0 Å². The molecule has 3 N–H and O–H groups in total. The highest BCUT2D eigenvalue weighted by molar-refractivity contribution is 7.99. The van der Waals surface area contributed by atoms with Crippen LogP contribution in [0.2, 0.25) is 0 Å². The largest absolute Gasteiger partial charge is 0.330 e. The molecule has 0 radical (unpaired) electrons. The van der Waals surface area contributed by atoms with Crippen molar-refractivity contribution in [3.05, 3.63) is 0 Å². The van der Waals surface area contributed by atoms with Crippen LogP contribution in [0.4, 0.5) is 0 Å². The van der Waals surface area contributed by atoms with Crippen molar-refractivity contribution in [3.63, 3.8) is 0 Å². The standard InChI is InChI=1S/C9H20N2S/c10-4-7-12-6-3-9-2-1-5-11-8-9/h9,11H,1-8,10H2. The maximum atomic E-state index is 5.41. The van der Waals surface area contributed by atoms with Crippen LogP contribution in [-0.2, 0) is 0 Å². The summed E-state index contributed by atoms with van der Waals surface area (Å²) in [5.41, 5.74) is 5.41. The van der Waals surface area contributed by atoms with E-state index in [4.69, 9.17) is 5.73 Å². The summed E-state index contributed by atoms with van der Waals surface area (Å²) in [6, 6.07) is 0. The lowest BCUT2D eigenvalue weighted by molar-refractivity contribution is 0.371. The minimum absolute atomic E-state index is 0.827. The topological polar surface area (TPSA) is 38.0 Å². The van der Waals surface area contributed by atoms with Gasteiger partial charge in [-0.2, -0.15) is 11.8 Å². The van der Waals surface area contributed by atoms with E-state index in [1.165, 1.54) is 38.1 Å². The smallest absolute Gasteiger partial charge is 0.00558 e. The Balaban J connectivity index is 1.91. The molecule has 0 bridgehead atoms. The third kappa shape index (κ3) is 4.33. The van der Waals surface area contributed by atoms with Crippen molar-refractivity contribution in [1.29, 1.82) is 0 Å². The van der Waals surface area contributed by atoms with Gasteiger partial charge in [-0.05, 0) is 44.0 Å². The minimum Gasteiger partial charge on any atom is -0.330 e. The molecular weight excluding hydrogens is 168 g/mol. The van der Waals surface area contributed by atoms with Crippen LogP contribution in [0.3, 0.4) is 0 Å². The summed E-state index contributed by atoms with van der Waals surface area (Å²) >= 11 is 1.99. The van der Waals surface area contributed by atoms with E-state index in [9.17, 15) is 0 Å². The normalized spacial score (nSPS) is 24.2. The fourth-order valence-corrected chi connectivity index (χ4v) is 2.48. The molecule has 0 spiro atoms. The molecule has 0 aliphatic carbocycles. The van der Waals surface area contributed by atoms with Gasteiger partial charge < -0.3 is 11.1 Å². The third-order valence-corrected chi connectivity index (χ3v) is 3.38. The summed E-state index contributed by atoms with van der Waals surface area (Å²) in [5, 5.41) is 3.44. The number of nitrogens with two attached hydrogens (primary N) is 1. The first-order valence-corrected chi connectivity index (χ1v) is 6.07. The molecule has 1 heterocycles. The first-order valence-electron chi connectivity index (χ1n) is 4.92. The van der Waals surface area contributed by atoms with Gasteiger partial charge in [0.05, 0.1) is 0 Å². The molecule has 1 saturated heterocycles. The van der Waals surface area contributed by atoms with Crippen LogP contribution in [0.1, 0.15) is 19.3 Å². The van der Waals surface area contributed by atoms with Crippen LogP contribution in [0, 0.1) is 5.92 Å². The second-order valence-corrected chi connectivity index (χ2v) is 4.63. The van der Waals surface area contributed by atoms with Crippen molar-refractivity contribution >= 4 is 11.8 Å². The van der Waals surface area contributed by atoms with E-state index >= 15 is 0 Å². The summed E-state index contributed by atoms with van der Waals surface area (Å²) in [4.78, 5) is 0. The molecule has 0 aromatic heterocycles. The van der Waals surface area contributed by atoms with E-state index in [1.807, 2.05) is 11.8 Å². The Kier molecular flexibility index (Phi) is 5.82. The molecule has 12 heavy (non-hydrogen) atoms. The molecular formula is C9H20N2S. The van der Waals surface area contributed by atoms with E-state index < -0.39 is 0 Å². The Morgan fingerprint density at radius 3 is 3.00 bits per heavy atom. The molecule has 3 heteroatoms. The van der Waals surface area contributed by atoms with E-state index in [0.717, 1.165) is 18.2 Å². The van der Waals surface area contributed by atoms with Gasteiger partial charge in [-0.1, -0.05) is 0 Å². The number of nitrogens with one attached hydrogen (secondary N) is 1. The molecule has 1 fully saturated rings. The van der Waals surface area contributed by atoms with Gasteiger partial charge in [0.25, 0.3) is 0 Å². The molecule has 2 nitrogen and oxygen atoms in total. The van der Waals surface area contributed by atoms with Gasteiger partial charge in [-0.15, -0.1) is 0 Å². The Hall–Kier alpha value is 0.270. The average Bonchev–Trinajstić information content (AvgIpc) is 2.14. The van der Waals surface area contributed by atoms with Gasteiger partial charge in [0.1, 0.15) is 0 Å². The summed E-state index contributed by atoms with van der Waals surface area (Å²) in [6.07, 6.45) is 4.17. The number of hydrogen-bond acceptors (Lipinski definition) is 3. The van der Waals surface area contributed by atoms with Crippen LogP contribution in [0.15, 0.2) is 0 Å². The van der Waals surface area contributed by atoms with Gasteiger partial charge in [-0.25, -0.2) is 0 Å². The molecule has 72 valence electrons. The lowest BCUT2D eigenvalue weighted by atomic mass is 9.97. The van der Waals surface area contributed by atoms with E-state index in [-0.39, 0.29) is 0 Å². The molecule has 0 aromatic carbocycles. The van der Waals surface area contributed by atoms with Crippen molar-refractivity contribution in [2.24, 2.45) is 11.7 Å². The van der Waals surface area contributed by atoms with Crippen LogP contribution in [0.5, 0.6) is 0 Å². The van der Waals surface area contributed by atoms with E-state index in [1.54, 1.807) is 0 Å². The SMILES string of the molecule is NCCSCCC1CCCNC1. The lowest BCUT2D eigenvalue weighted by Gasteiger charge is -2.22. The van der Waals surface area contributed by atoms with Crippen molar-refractivity contribution in [2.75, 3.05) is 31.1 Å². The summed E-state index contributed by atoms with van der Waals surface area (Å²) < 4.78 is 0. The minimum atomic E-state index is 0.827. The quantitative estimate of drug-likeness (QED) is 0.634. The molecule has 1 rings (SSSR count). The molecule has 1 atom stereocenters. The predicted molar refractivity (Wildman–Crippen MR) is 56.6 cm³/mol. The molecule has 0 amide bonds. The number of hydrogen-bond donors (Lipinski definition) is 2. The van der Waals surface area contributed by atoms with E-state index in [2.05, 4.69) is 5.32 Å². The summed E-state index contributed by atoms with van der Waals surface area (Å²) in [5.74, 6) is 3.35. The zero-order valence-electron chi connectivity index (χ0n) is 7.72. The zero-order chi connectivity index (χ0) is 8.65. The van der Waals surface area contributed by atoms with Gasteiger partial charge in [0, 0.05) is 12.3 Å². The van der Waals surface area contributed by atoms with Gasteiger partial charge in [-0.3, -0.25) is 0 Å². The maximum Gasteiger partial charge on any atom is 0.00558 e. The van der Waals surface area contributed by atoms with Crippen molar-refractivity contribution < 1.29 is 0 Å². The van der Waals surface area contributed by atoms with Crippen molar-refractivity contribution in [3.8, 4) is 0 Å². The lowest BCUT2D eigenvalue weighted by Crippen LogP contribution is -2.30. The predicted octanol–water partition coefficient (Wildman–Crippen LogP) is 1.07.